The smallest absolute Gasteiger partial charge is 0.319 e. The highest BCUT2D eigenvalue weighted by molar-refractivity contribution is 5.89. The molecule has 0 radical (unpaired) electrons. The van der Waals surface area contributed by atoms with Crippen LogP contribution in [0.5, 0.6) is 17.2 Å². The molecule has 2 aliphatic rings. The van der Waals surface area contributed by atoms with Gasteiger partial charge in [-0.15, -0.1) is 5.10 Å². The number of methoxy groups -OCH3 is 1. The average Bonchev–Trinajstić information content (AvgIpc) is 3.68. The third-order valence-corrected chi connectivity index (χ3v) is 6.57. The number of aromatic nitrogens is 4. The normalized spacial score (nSPS) is 22.0. The lowest BCUT2D eigenvalue weighted by atomic mass is 10.1. The summed E-state index contributed by atoms with van der Waals surface area (Å²) in [5.74, 6) is 2.73. The molecule has 0 bridgehead atoms. The number of carbonyl (C=O) groups is 1. The standard InChI is InChI=1S/C27H26N6O5/c1-35-21-9-5-6-17(14-21)26-30-31-32-33(26)23-16-37-24-22(15-36-25(23)24)29-27(34)28-18-10-12-20(13-11-18)38-19-7-3-2-4-8-19/h2-14,22-25H,15-16H2,1H3,(H2,28,29,34)/t22-,23-,24+,25+/m0/s1. The number of carbonyl (C=O) groups excluding carboxylic acids is 1. The van der Waals surface area contributed by atoms with E-state index in [0.717, 1.165) is 11.3 Å². The van der Waals surface area contributed by atoms with Crippen LogP contribution in [0, 0.1) is 0 Å². The van der Waals surface area contributed by atoms with Crippen molar-refractivity contribution in [3.8, 4) is 28.6 Å². The van der Waals surface area contributed by atoms with Crippen LogP contribution in [0.25, 0.3) is 11.4 Å². The first-order valence-corrected chi connectivity index (χ1v) is 12.2. The molecule has 0 saturated carbocycles. The number of anilines is 1. The number of nitrogens with zero attached hydrogens (tertiary/aromatic N) is 4. The summed E-state index contributed by atoms with van der Waals surface area (Å²) in [6, 6.07) is 23.3. The van der Waals surface area contributed by atoms with Crippen molar-refractivity contribution in [3.63, 3.8) is 0 Å². The van der Waals surface area contributed by atoms with Crippen LogP contribution in [0.15, 0.2) is 78.9 Å². The zero-order valence-corrected chi connectivity index (χ0v) is 20.6. The van der Waals surface area contributed by atoms with Crippen molar-refractivity contribution in [2.75, 3.05) is 25.6 Å². The van der Waals surface area contributed by atoms with E-state index in [1.54, 1.807) is 36.1 Å². The summed E-state index contributed by atoms with van der Waals surface area (Å²) in [4.78, 5) is 12.7. The molecule has 0 aliphatic carbocycles. The minimum Gasteiger partial charge on any atom is -0.497 e. The molecule has 2 amide bonds. The molecule has 0 unspecified atom stereocenters. The number of nitrogens with one attached hydrogen (secondary N) is 2. The van der Waals surface area contributed by atoms with Crippen molar-refractivity contribution in [1.29, 1.82) is 0 Å². The molecule has 4 atom stereocenters. The van der Waals surface area contributed by atoms with Crippen molar-refractivity contribution in [2.24, 2.45) is 0 Å². The summed E-state index contributed by atoms with van der Waals surface area (Å²) in [5.41, 5.74) is 1.46. The Morgan fingerprint density at radius 2 is 1.68 bits per heavy atom. The van der Waals surface area contributed by atoms with Gasteiger partial charge in [-0.1, -0.05) is 30.3 Å². The van der Waals surface area contributed by atoms with Gasteiger partial charge in [0.1, 0.15) is 35.5 Å². The number of benzene rings is 3. The van der Waals surface area contributed by atoms with Crippen LogP contribution in [0.4, 0.5) is 10.5 Å². The van der Waals surface area contributed by atoms with E-state index in [-0.39, 0.29) is 30.3 Å². The molecule has 38 heavy (non-hydrogen) atoms. The Labute approximate surface area is 218 Å². The summed E-state index contributed by atoms with van der Waals surface area (Å²) in [6.45, 7) is 0.680. The Hall–Kier alpha value is -4.48. The fourth-order valence-corrected chi connectivity index (χ4v) is 4.75. The Kier molecular flexibility index (Phi) is 6.59. The van der Waals surface area contributed by atoms with E-state index in [0.29, 0.717) is 36.2 Å². The number of para-hydroxylation sites is 1. The summed E-state index contributed by atoms with van der Waals surface area (Å²) >= 11 is 0. The molecule has 2 saturated heterocycles. The Bertz CT molecular complexity index is 1400. The lowest BCUT2D eigenvalue weighted by Crippen LogP contribution is -2.45. The summed E-state index contributed by atoms with van der Waals surface area (Å²) in [5, 5.41) is 18.1. The lowest BCUT2D eigenvalue weighted by Gasteiger charge is -2.18. The van der Waals surface area contributed by atoms with Crippen molar-refractivity contribution in [1.82, 2.24) is 25.5 Å². The largest absolute Gasteiger partial charge is 0.497 e. The highest BCUT2D eigenvalue weighted by Gasteiger charge is 2.50. The van der Waals surface area contributed by atoms with Gasteiger partial charge >= 0.3 is 6.03 Å². The van der Waals surface area contributed by atoms with Gasteiger partial charge in [0.2, 0.25) is 0 Å². The Morgan fingerprint density at radius 1 is 0.921 bits per heavy atom. The van der Waals surface area contributed by atoms with Crippen LogP contribution in [-0.4, -0.2) is 64.8 Å². The number of hydrogen-bond acceptors (Lipinski definition) is 8. The molecule has 11 nitrogen and oxygen atoms in total. The molecule has 1 aromatic heterocycles. The quantitative estimate of drug-likeness (QED) is 0.383. The molecular formula is C27H26N6O5. The molecule has 194 valence electrons. The van der Waals surface area contributed by atoms with Crippen LogP contribution >= 0.6 is 0 Å². The number of ether oxygens (including phenoxy) is 4. The Balaban J connectivity index is 1.07. The monoisotopic (exact) mass is 514 g/mol. The van der Waals surface area contributed by atoms with Crippen LogP contribution < -0.4 is 20.1 Å². The van der Waals surface area contributed by atoms with Gasteiger partial charge in [0.15, 0.2) is 5.82 Å². The van der Waals surface area contributed by atoms with Gasteiger partial charge < -0.3 is 29.6 Å². The Morgan fingerprint density at radius 3 is 2.50 bits per heavy atom. The van der Waals surface area contributed by atoms with Gasteiger partial charge in [0.05, 0.1) is 26.4 Å². The zero-order chi connectivity index (χ0) is 25.9. The first-order valence-electron chi connectivity index (χ1n) is 12.2. The first kappa shape index (κ1) is 23.9. The van der Waals surface area contributed by atoms with Gasteiger partial charge in [-0.2, -0.15) is 0 Å². The second-order valence-corrected chi connectivity index (χ2v) is 8.99. The van der Waals surface area contributed by atoms with E-state index in [1.807, 2.05) is 54.6 Å². The van der Waals surface area contributed by atoms with Crippen molar-refractivity contribution >= 4 is 11.7 Å². The zero-order valence-electron chi connectivity index (χ0n) is 20.6. The molecular weight excluding hydrogens is 488 g/mol. The maximum Gasteiger partial charge on any atom is 0.319 e. The van der Waals surface area contributed by atoms with E-state index >= 15 is 0 Å². The highest BCUT2D eigenvalue weighted by atomic mass is 16.6. The van der Waals surface area contributed by atoms with Crippen LogP contribution in [0.3, 0.4) is 0 Å². The summed E-state index contributed by atoms with van der Waals surface area (Å²) < 4.78 is 25.0. The highest BCUT2D eigenvalue weighted by Crippen LogP contribution is 2.36. The van der Waals surface area contributed by atoms with E-state index in [4.69, 9.17) is 18.9 Å². The summed E-state index contributed by atoms with van der Waals surface area (Å²) in [6.07, 6.45) is -0.627. The molecule has 0 spiro atoms. The van der Waals surface area contributed by atoms with Crippen molar-refractivity contribution < 1.29 is 23.7 Å². The fraction of sp³-hybridized carbons (Fsp3) is 0.259. The third kappa shape index (κ3) is 4.89. The minimum absolute atomic E-state index is 0.233. The maximum atomic E-state index is 12.7. The predicted octanol–water partition coefficient (Wildman–Crippen LogP) is 3.67. The van der Waals surface area contributed by atoms with Gasteiger partial charge in [-0.05, 0) is 59.0 Å². The number of urea groups is 1. The SMILES string of the molecule is COc1cccc(-c2nnnn2[C@H]2CO[C@H]3[C@@H]2OC[C@@H]3NC(=O)Nc2ccc(Oc3ccccc3)cc2)c1. The number of fused-ring (bicyclic) bond motifs is 1. The third-order valence-electron chi connectivity index (χ3n) is 6.57. The van der Waals surface area contributed by atoms with E-state index in [2.05, 4.69) is 26.2 Å². The summed E-state index contributed by atoms with van der Waals surface area (Å²) in [7, 11) is 1.61. The number of tetrazole rings is 1. The van der Waals surface area contributed by atoms with Crippen LogP contribution in [0.1, 0.15) is 6.04 Å². The van der Waals surface area contributed by atoms with Crippen molar-refractivity contribution in [3.05, 3.63) is 78.9 Å². The molecule has 2 fully saturated rings. The molecule has 4 aromatic rings. The first-order chi connectivity index (χ1) is 18.7. The fourth-order valence-electron chi connectivity index (χ4n) is 4.75. The van der Waals surface area contributed by atoms with Gasteiger partial charge in [-0.25, -0.2) is 9.48 Å². The van der Waals surface area contributed by atoms with Crippen LogP contribution in [-0.2, 0) is 9.47 Å². The van der Waals surface area contributed by atoms with Crippen LogP contribution in [0.2, 0.25) is 0 Å². The second kappa shape index (κ2) is 10.5. The molecule has 6 rings (SSSR count). The molecule has 2 N–H and O–H groups in total. The van der Waals surface area contributed by atoms with E-state index in [9.17, 15) is 4.79 Å². The topological polar surface area (TPSA) is 122 Å². The van der Waals surface area contributed by atoms with Gasteiger partial charge in [0.25, 0.3) is 0 Å². The molecule has 3 aromatic carbocycles. The van der Waals surface area contributed by atoms with Gasteiger partial charge in [-0.3, -0.25) is 0 Å². The number of rotatable bonds is 7. The molecule has 2 aliphatic heterocycles. The molecule has 3 heterocycles. The minimum atomic E-state index is -0.345. The molecule has 11 heteroatoms. The number of amides is 2. The number of hydrogen-bond donors (Lipinski definition) is 2. The predicted molar refractivity (Wildman–Crippen MR) is 137 cm³/mol. The second-order valence-electron chi connectivity index (χ2n) is 8.99. The van der Waals surface area contributed by atoms with Gasteiger partial charge in [0, 0.05) is 11.3 Å². The van der Waals surface area contributed by atoms with E-state index < -0.39 is 0 Å². The maximum absolute atomic E-state index is 12.7. The average molecular weight is 515 g/mol. The lowest BCUT2D eigenvalue weighted by molar-refractivity contribution is 0.0624. The van der Waals surface area contributed by atoms with Crippen molar-refractivity contribution in [2.45, 2.75) is 24.3 Å². The van der Waals surface area contributed by atoms with E-state index in [1.165, 1.54) is 0 Å².